The van der Waals surface area contributed by atoms with Crippen LogP contribution in [0.4, 0.5) is 4.39 Å². The average molecular weight is 427 g/mol. The average Bonchev–Trinajstić information content (AvgIpc) is 3.10. The summed E-state index contributed by atoms with van der Waals surface area (Å²) < 4.78 is 13.2. The highest BCUT2D eigenvalue weighted by atomic mass is 35.5. The van der Waals surface area contributed by atoms with Crippen LogP contribution >= 0.6 is 23.2 Å². The van der Waals surface area contributed by atoms with E-state index >= 15 is 0 Å². The molecular formula is C20H21Cl2FN2O3. The Morgan fingerprint density at radius 3 is 2.39 bits per heavy atom. The molecule has 2 N–H and O–H groups in total. The molecule has 0 aliphatic carbocycles. The molecule has 3 unspecified atom stereocenters. The van der Waals surface area contributed by atoms with Gasteiger partial charge in [-0.05, 0) is 48.7 Å². The molecule has 2 aromatic carbocycles. The second kappa shape index (κ2) is 8.76. The van der Waals surface area contributed by atoms with Gasteiger partial charge in [-0.15, -0.1) is 0 Å². The van der Waals surface area contributed by atoms with Crippen LogP contribution in [-0.2, 0) is 4.79 Å². The molecule has 3 rings (SSSR count). The van der Waals surface area contributed by atoms with Gasteiger partial charge in [0.2, 0.25) is 0 Å². The zero-order chi connectivity index (χ0) is 20.4. The lowest BCUT2D eigenvalue weighted by Crippen LogP contribution is -2.42. The van der Waals surface area contributed by atoms with Crippen LogP contribution in [-0.4, -0.2) is 45.4 Å². The largest absolute Gasteiger partial charge is 0.392 e. The summed E-state index contributed by atoms with van der Waals surface area (Å²) in [6.45, 7) is 2.45. The summed E-state index contributed by atoms with van der Waals surface area (Å²) in [4.78, 5) is 15.0. The van der Waals surface area contributed by atoms with Crippen molar-refractivity contribution in [3.05, 3.63) is 69.5 Å². The number of halogens is 3. The number of rotatable bonds is 5. The van der Waals surface area contributed by atoms with Gasteiger partial charge in [-0.2, -0.15) is 0 Å². The molecule has 0 radical (unpaired) electrons. The summed E-state index contributed by atoms with van der Waals surface area (Å²) in [6, 6.07) is 8.93. The van der Waals surface area contributed by atoms with Crippen molar-refractivity contribution in [2.75, 3.05) is 13.1 Å². The fourth-order valence-electron chi connectivity index (χ4n) is 3.39. The quantitative estimate of drug-likeness (QED) is 0.554. The Balaban J connectivity index is 1.91. The zero-order valence-corrected chi connectivity index (χ0v) is 16.7. The number of hydrogen-bond acceptors (Lipinski definition) is 4. The number of carbonyl (C=O) groups excluding carboxylic acids is 1. The molecule has 1 aliphatic heterocycles. The van der Waals surface area contributed by atoms with Gasteiger partial charge >= 0.3 is 0 Å². The Morgan fingerprint density at radius 1 is 1.18 bits per heavy atom. The lowest BCUT2D eigenvalue weighted by Gasteiger charge is -2.32. The van der Waals surface area contributed by atoms with Gasteiger partial charge in [0, 0.05) is 13.1 Å². The molecule has 1 heterocycles. The topological polar surface area (TPSA) is 64.0 Å². The molecule has 1 saturated heterocycles. The van der Waals surface area contributed by atoms with Gasteiger partial charge in [0.05, 0.1) is 22.2 Å². The molecule has 150 valence electrons. The number of hydroxylamine groups is 2. The van der Waals surface area contributed by atoms with E-state index in [4.69, 9.17) is 23.2 Å². The van der Waals surface area contributed by atoms with E-state index in [0.29, 0.717) is 45.7 Å². The number of aliphatic hydroxyl groups excluding tert-OH is 1. The molecule has 3 atom stereocenters. The number of carbonyl (C=O) groups is 1. The lowest BCUT2D eigenvalue weighted by molar-refractivity contribution is -0.181. The molecule has 0 aromatic heterocycles. The van der Waals surface area contributed by atoms with E-state index < -0.39 is 29.9 Å². The molecular weight excluding hydrogens is 406 g/mol. The first-order valence-electron chi connectivity index (χ1n) is 8.92. The second-order valence-electron chi connectivity index (χ2n) is 6.92. The van der Waals surface area contributed by atoms with E-state index in [-0.39, 0.29) is 0 Å². The summed E-state index contributed by atoms with van der Waals surface area (Å²) in [7, 11) is 0. The third-order valence-electron chi connectivity index (χ3n) is 5.00. The Morgan fingerprint density at radius 2 is 1.82 bits per heavy atom. The van der Waals surface area contributed by atoms with Crippen LogP contribution in [0.1, 0.15) is 36.6 Å². The molecule has 0 spiro atoms. The van der Waals surface area contributed by atoms with Crippen LogP contribution in [0.15, 0.2) is 42.5 Å². The molecule has 28 heavy (non-hydrogen) atoms. The SMILES string of the molecule is CC(c1ccc(F)cc1)N(O)C(=O)C(c1ccc(Cl)c(Cl)c1)N1CCC(O)C1. The zero-order valence-electron chi connectivity index (χ0n) is 15.2. The van der Waals surface area contributed by atoms with Crippen LogP contribution in [0.2, 0.25) is 10.0 Å². The van der Waals surface area contributed by atoms with Crippen molar-refractivity contribution in [1.82, 2.24) is 9.96 Å². The van der Waals surface area contributed by atoms with E-state index in [9.17, 15) is 19.5 Å². The molecule has 8 heteroatoms. The van der Waals surface area contributed by atoms with Crippen molar-refractivity contribution in [3.8, 4) is 0 Å². The summed E-state index contributed by atoms with van der Waals surface area (Å²) in [6.07, 6.45) is -0.0101. The Labute approximate surface area is 172 Å². The number of β-amino-alcohol motifs (C(OH)–C–C–N with tert-alkyl or cyclic N) is 1. The minimum absolute atomic E-state index is 0.299. The van der Waals surface area contributed by atoms with Crippen molar-refractivity contribution in [3.63, 3.8) is 0 Å². The summed E-state index contributed by atoms with van der Waals surface area (Å²) in [5, 5.41) is 21.9. The summed E-state index contributed by atoms with van der Waals surface area (Å²) in [5.74, 6) is -0.962. The van der Waals surface area contributed by atoms with E-state index in [1.807, 2.05) is 0 Å². The Bertz CT molecular complexity index is 850. The number of amides is 1. The van der Waals surface area contributed by atoms with Crippen LogP contribution in [0, 0.1) is 5.82 Å². The molecule has 2 aromatic rings. The van der Waals surface area contributed by atoms with E-state index in [1.165, 1.54) is 24.3 Å². The fourth-order valence-corrected chi connectivity index (χ4v) is 3.70. The van der Waals surface area contributed by atoms with Crippen molar-refractivity contribution in [2.45, 2.75) is 31.5 Å². The maximum atomic E-state index is 13.2. The smallest absolute Gasteiger partial charge is 0.268 e. The number of benzene rings is 2. The third kappa shape index (κ3) is 4.47. The number of likely N-dealkylation sites (tertiary alicyclic amines) is 1. The van der Waals surface area contributed by atoms with Gasteiger partial charge in [-0.3, -0.25) is 14.9 Å². The van der Waals surface area contributed by atoms with Crippen molar-refractivity contribution in [2.24, 2.45) is 0 Å². The molecule has 0 saturated carbocycles. The molecule has 1 amide bonds. The normalized spacial score (nSPS) is 19.4. The Hall–Kier alpha value is -1.70. The third-order valence-corrected chi connectivity index (χ3v) is 5.74. The lowest BCUT2D eigenvalue weighted by atomic mass is 10.0. The highest BCUT2D eigenvalue weighted by Gasteiger charge is 2.37. The highest BCUT2D eigenvalue weighted by Crippen LogP contribution is 2.33. The van der Waals surface area contributed by atoms with E-state index in [2.05, 4.69) is 0 Å². The number of nitrogens with zero attached hydrogens (tertiary/aromatic N) is 2. The molecule has 1 aliphatic rings. The van der Waals surface area contributed by atoms with Crippen molar-refractivity contribution in [1.29, 1.82) is 0 Å². The second-order valence-corrected chi connectivity index (χ2v) is 7.74. The van der Waals surface area contributed by atoms with Crippen LogP contribution in [0.25, 0.3) is 0 Å². The first kappa shape index (κ1) is 21.0. The van der Waals surface area contributed by atoms with Gasteiger partial charge in [-0.1, -0.05) is 41.4 Å². The first-order chi connectivity index (χ1) is 13.3. The number of hydrogen-bond donors (Lipinski definition) is 2. The summed E-state index contributed by atoms with van der Waals surface area (Å²) in [5.41, 5.74) is 1.16. The van der Waals surface area contributed by atoms with Crippen LogP contribution < -0.4 is 0 Å². The van der Waals surface area contributed by atoms with Gasteiger partial charge in [0.1, 0.15) is 11.9 Å². The highest BCUT2D eigenvalue weighted by molar-refractivity contribution is 6.42. The molecule has 0 bridgehead atoms. The van der Waals surface area contributed by atoms with Gasteiger partial charge in [0.15, 0.2) is 0 Å². The maximum absolute atomic E-state index is 13.2. The van der Waals surface area contributed by atoms with E-state index in [0.717, 1.165) is 0 Å². The van der Waals surface area contributed by atoms with Gasteiger partial charge < -0.3 is 5.11 Å². The predicted molar refractivity (Wildman–Crippen MR) is 105 cm³/mol. The van der Waals surface area contributed by atoms with Crippen molar-refractivity contribution < 1.29 is 19.5 Å². The minimum atomic E-state index is -0.834. The predicted octanol–water partition coefficient (Wildman–Crippen LogP) is 4.22. The fraction of sp³-hybridized carbons (Fsp3) is 0.350. The Kier molecular flexibility index (Phi) is 6.58. The van der Waals surface area contributed by atoms with Crippen LogP contribution in [0.3, 0.4) is 0 Å². The monoisotopic (exact) mass is 426 g/mol. The maximum Gasteiger partial charge on any atom is 0.268 e. The van der Waals surface area contributed by atoms with Gasteiger partial charge in [0.25, 0.3) is 5.91 Å². The molecule has 5 nitrogen and oxygen atoms in total. The number of aliphatic hydroxyl groups is 1. The molecule has 1 fully saturated rings. The summed E-state index contributed by atoms with van der Waals surface area (Å²) >= 11 is 12.1. The van der Waals surface area contributed by atoms with Gasteiger partial charge in [-0.25, -0.2) is 9.45 Å². The van der Waals surface area contributed by atoms with E-state index in [1.54, 1.807) is 30.0 Å². The van der Waals surface area contributed by atoms with Crippen LogP contribution in [0.5, 0.6) is 0 Å². The first-order valence-corrected chi connectivity index (χ1v) is 9.68. The van der Waals surface area contributed by atoms with Crippen molar-refractivity contribution >= 4 is 29.1 Å². The standard InChI is InChI=1S/C20H21Cl2FN2O3/c1-12(13-2-5-15(23)6-3-13)25(28)20(27)19(24-9-8-16(26)11-24)14-4-7-17(21)18(22)10-14/h2-7,10,12,16,19,26,28H,8-9,11H2,1H3. The minimum Gasteiger partial charge on any atom is -0.392 e.